The van der Waals surface area contributed by atoms with Crippen molar-refractivity contribution in [2.75, 3.05) is 26.7 Å². The van der Waals surface area contributed by atoms with E-state index in [2.05, 4.69) is 20.2 Å². The SMILES string of the molecule is CN=C(NCc1cnc(C)s1)N1CCC(OCC2CC2)CC1.I. The predicted molar refractivity (Wildman–Crippen MR) is 106 cm³/mol. The highest BCUT2D eigenvalue weighted by Crippen LogP contribution is 2.30. The van der Waals surface area contributed by atoms with Crippen molar-refractivity contribution in [3.05, 3.63) is 16.1 Å². The standard InChI is InChI=1S/C16H26N4OS.HI/c1-12-18-9-15(22-12)10-19-16(17-2)20-7-5-14(6-8-20)21-11-13-3-4-13;/h9,13-14H,3-8,10-11H2,1-2H3,(H,17,19);1H. The first-order valence-electron chi connectivity index (χ1n) is 8.23. The molecule has 1 saturated carbocycles. The number of ether oxygens (including phenoxy) is 1. The van der Waals surface area contributed by atoms with Gasteiger partial charge in [0.05, 0.1) is 17.7 Å². The molecule has 0 aromatic carbocycles. The van der Waals surface area contributed by atoms with Gasteiger partial charge < -0.3 is 15.0 Å². The Morgan fingerprint density at radius 1 is 1.39 bits per heavy atom. The van der Waals surface area contributed by atoms with Crippen LogP contribution in [0.3, 0.4) is 0 Å². The molecule has 1 aromatic rings. The number of nitrogens with zero attached hydrogens (tertiary/aromatic N) is 3. The summed E-state index contributed by atoms with van der Waals surface area (Å²) in [4.78, 5) is 12.3. The maximum atomic E-state index is 6.01. The summed E-state index contributed by atoms with van der Waals surface area (Å²) in [5.41, 5.74) is 0. The number of rotatable bonds is 5. The molecular weight excluding hydrogens is 423 g/mol. The molecule has 2 aliphatic rings. The lowest BCUT2D eigenvalue weighted by molar-refractivity contribution is 0.0131. The predicted octanol–water partition coefficient (Wildman–Crippen LogP) is 3.04. The van der Waals surface area contributed by atoms with Gasteiger partial charge in [0.2, 0.25) is 0 Å². The topological polar surface area (TPSA) is 49.8 Å². The zero-order valence-corrected chi connectivity index (χ0v) is 17.1. The van der Waals surface area contributed by atoms with Crippen LogP contribution >= 0.6 is 35.3 Å². The van der Waals surface area contributed by atoms with Crippen molar-refractivity contribution in [1.82, 2.24) is 15.2 Å². The van der Waals surface area contributed by atoms with Crippen LogP contribution in [-0.2, 0) is 11.3 Å². The maximum absolute atomic E-state index is 6.01. The molecule has 1 aliphatic heterocycles. The molecule has 1 aromatic heterocycles. The Bertz CT molecular complexity index is 510. The van der Waals surface area contributed by atoms with Crippen molar-refractivity contribution in [1.29, 1.82) is 0 Å². The molecule has 5 nitrogen and oxygen atoms in total. The summed E-state index contributed by atoms with van der Waals surface area (Å²) >= 11 is 1.74. The average molecular weight is 450 g/mol. The summed E-state index contributed by atoms with van der Waals surface area (Å²) in [6, 6.07) is 0. The zero-order chi connectivity index (χ0) is 15.4. The molecule has 3 rings (SSSR count). The third-order valence-corrected chi connectivity index (χ3v) is 5.22. The normalized spacial score (nSPS) is 19.6. The van der Waals surface area contributed by atoms with Crippen LogP contribution < -0.4 is 5.32 Å². The molecule has 0 amide bonds. The lowest BCUT2D eigenvalue weighted by Gasteiger charge is -2.34. The summed E-state index contributed by atoms with van der Waals surface area (Å²) in [5, 5.41) is 4.56. The molecule has 1 saturated heterocycles. The molecule has 0 unspecified atom stereocenters. The Balaban J connectivity index is 0.00000192. The quantitative estimate of drug-likeness (QED) is 0.426. The molecular formula is C16H27IN4OS. The van der Waals surface area contributed by atoms with E-state index in [1.165, 1.54) is 17.7 Å². The Morgan fingerprint density at radius 3 is 2.70 bits per heavy atom. The van der Waals surface area contributed by atoms with E-state index in [1.807, 2.05) is 20.2 Å². The van der Waals surface area contributed by atoms with Crippen LogP contribution in [0.5, 0.6) is 0 Å². The molecule has 23 heavy (non-hydrogen) atoms. The number of likely N-dealkylation sites (tertiary alicyclic amines) is 1. The highest BCUT2D eigenvalue weighted by atomic mass is 127. The summed E-state index contributed by atoms with van der Waals surface area (Å²) in [6.45, 7) is 5.86. The number of aliphatic imine (C=N–C) groups is 1. The Hall–Kier alpha value is -0.410. The summed E-state index contributed by atoms with van der Waals surface area (Å²) in [6.07, 6.45) is 7.33. The molecule has 0 bridgehead atoms. The third-order valence-electron chi connectivity index (χ3n) is 4.31. The molecule has 130 valence electrons. The van der Waals surface area contributed by atoms with Crippen LogP contribution in [-0.4, -0.2) is 48.7 Å². The Morgan fingerprint density at radius 2 is 2.13 bits per heavy atom. The Labute approximate surface area is 159 Å². The second-order valence-corrected chi connectivity index (χ2v) is 7.53. The number of aromatic nitrogens is 1. The van der Waals surface area contributed by atoms with Gasteiger partial charge in [-0.25, -0.2) is 4.98 Å². The first-order valence-corrected chi connectivity index (χ1v) is 9.04. The second kappa shape index (κ2) is 9.17. The van der Waals surface area contributed by atoms with Crippen molar-refractivity contribution in [2.24, 2.45) is 10.9 Å². The third kappa shape index (κ3) is 5.86. The summed E-state index contributed by atoms with van der Waals surface area (Å²) in [7, 11) is 1.86. The number of nitrogens with one attached hydrogen (secondary N) is 1. The van der Waals surface area contributed by atoms with Crippen molar-refractivity contribution in [3.63, 3.8) is 0 Å². The van der Waals surface area contributed by atoms with Crippen LogP contribution in [0.25, 0.3) is 0 Å². The van der Waals surface area contributed by atoms with E-state index in [4.69, 9.17) is 4.74 Å². The lowest BCUT2D eigenvalue weighted by Crippen LogP contribution is -2.46. The molecule has 0 atom stereocenters. The minimum absolute atomic E-state index is 0. The number of thiazole rings is 1. The van der Waals surface area contributed by atoms with Gasteiger partial charge in [0.15, 0.2) is 5.96 Å². The largest absolute Gasteiger partial charge is 0.378 e. The smallest absolute Gasteiger partial charge is 0.193 e. The highest BCUT2D eigenvalue weighted by molar-refractivity contribution is 14.0. The van der Waals surface area contributed by atoms with Crippen LogP contribution in [0, 0.1) is 12.8 Å². The number of guanidine groups is 1. The number of piperidine rings is 1. The Kier molecular flexibility index (Phi) is 7.55. The van der Waals surface area contributed by atoms with Crippen molar-refractivity contribution in [3.8, 4) is 0 Å². The first kappa shape index (κ1) is 18.9. The fraction of sp³-hybridized carbons (Fsp3) is 0.750. The molecule has 0 radical (unpaired) electrons. The van der Waals surface area contributed by atoms with Gasteiger partial charge in [-0.1, -0.05) is 0 Å². The first-order chi connectivity index (χ1) is 10.7. The van der Waals surface area contributed by atoms with Gasteiger partial charge in [-0.3, -0.25) is 4.99 Å². The monoisotopic (exact) mass is 450 g/mol. The number of aryl methyl sites for hydroxylation is 1. The number of hydrogen-bond acceptors (Lipinski definition) is 4. The van der Waals surface area contributed by atoms with Gasteiger partial charge in [-0.05, 0) is 38.5 Å². The van der Waals surface area contributed by atoms with Crippen LogP contribution in [0.4, 0.5) is 0 Å². The van der Waals surface area contributed by atoms with Crippen LogP contribution in [0.1, 0.15) is 35.6 Å². The molecule has 0 spiro atoms. The minimum Gasteiger partial charge on any atom is -0.378 e. The van der Waals surface area contributed by atoms with Crippen molar-refractivity contribution < 1.29 is 4.74 Å². The van der Waals surface area contributed by atoms with Crippen LogP contribution in [0.2, 0.25) is 0 Å². The molecule has 7 heteroatoms. The van der Waals surface area contributed by atoms with E-state index in [0.29, 0.717) is 6.10 Å². The minimum atomic E-state index is 0. The van der Waals surface area contributed by atoms with Gasteiger partial charge in [0, 0.05) is 37.8 Å². The van der Waals surface area contributed by atoms with Gasteiger partial charge in [-0.2, -0.15) is 0 Å². The van der Waals surface area contributed by atoms with Crippen molar-refractivity contribution in [2.45, 2.75) is 45.3 Å². The average Bonchev–Trinajstić information content (AvgIpc) is 3.28. The van der Waals surface area contributed by atoms with Crippen molar-refractivity contribution >= 4 is 41.3 Å². The second-order valence-electron chi connectivity index (χ2n) is 6.21. The lowest BCUT2D eigenvalue weighted by atomic mass is 10.1. The molecule has 2 heterocycles. The number of hydrogen-bond donors (Lipinski definition) is 1. The van der Waals surface area contributed by atoms with E-state index in [-0.39, 0.29) is 24.0 Å². The molecule has 1 aliphatic carbocycles. The summed E-state index contributed by atoms with van der Waals surface area (Å²) < 4.78 is 6.01. The summed E-state index contributed by atoms with van der Waals surface area (Å²) in [5.74, 6) is 1.85. The van der Waals surface area contributed by atoms with Gasteiger partial charge in [-0.15, -0.1) is 35.3 Å². The highest BCUT2D eigenvalue weighted by Gasteiger charge is 2.26. The van der Waals surface area contributed by atoms with E-state index in [1.54, 1.807) is 11.3 Å². The van der Waals surface area contributed by atoms with E-state index >= 15 is 0 Å². The van der Waals surface area contributed by atoms with Crippen LogP contribution in [0.15, 0.2) is 11.2 Å². The van der Waals surface area contributed by atoms with Gasteiger partial charge in [0.25, 0.3) is 0 Å². The molecule has 2 fully saturated rings. The van der Waals surface area contributed by atoms with Gasteiger partial charge >= 0.3 is 0 Å². The fourth-order valence-corrected chi connectivity index (χ4v) is 3.51. The fourth-order valence-electron chi connectivity index (χ4n) is 2.78. The van der Waals surface area contributed by atoms with Gasteiger partial charge in [0.1, 0.15) is 0 Å². The van der Waals surface area contributed by atoms with E-state index in [9.17, 15) is 0 Å². The van der Waals surface area contributed by atoms with E-state index < -0.39 is 0 Å². The number of halogens is 1. The maximum Gasteiger partial charge on any atom is 0.193 e. The van der Waals surface area contributed by atoms with E-state index in [0.717, 1.165) is 56.0 Å². The zero-order valence-electron chi connectivity index (χ0n) is 14.0. The molecule has 1 N–H and O–H groups in total.